The van der Waals surface area contributed by atoms with E-state index in [0.717, 1.165) is 17.1 Å². The molecule has 0 saturated carbocycles. The first-order chi connectivity index (χ1) is 7.31. The van der Waals surface area contributed by atoms with Gasteiger partial charge in [0.25, 0.3) is 0 Å². The highest BCUT2D eigenvalue weighted by Gasteiger charge is 2.14. The molecule has 15 heavy (non-hydrogen) atoms. The van der Waals surface area contributed by atoms with Gasteiger partial charge in [0.2, 0.25) is 0 Å². The largest absolute Gasteiger partial charge is 0.489 e. The monoisotopic (exact) mass is 209 g/mol. The highest BCUT2D eigenvalue weighted by atomic mass is 16.5. The topological polar surface area (TPSA) is 79.5 Å². The zero-order valence-corrected chi connectivity index (χ0v) is 8.36. The molecular formula is C10H15N3O2. The molecule has 1 aliphatic heterocycles. The number of hydrogen-bond acceptors (Lipinski definition) is 5. The molecule has 0 amide bonds. The summed E-state index contributed by atoms with van der Waals surface area (Å²) in [7, 11) is 0. The number of para-hydroxylation sites is 1. The Balaban J connectivity index is 2.06. The maximum absolute atomic E-state index is 9.28. The Morgan fingerprint density at radius 3 is 3.13 bits per heavy atom. The minimum Gasteiger partial charge on any atom is -0.489 e. The molecule has 1 aliphatic rings. The normalized spacial score (nSPS) is 15.1. The second-order valence-electron chi connectivity index (χ2n) is 3.41. The van der Waals surface area contributed by atoms with Gasteiger partial charge in [-0.15, -0.1) is 0 Å². The van der Waals surface area contributed by atoms with Crippen LogP contribution in [0.1, 0.15) is 0 Å². The van der Waals surface area contributed by atoms with Crippen LogP contribution in [-0.4, -0.2) is 31.0 Å². The van der Waals surface area contributed by atoms with Crippen LogP contribution >= 0.6 is 0 Å². The molecule has 5 heteroatoms. The standard InChI is InChI=1S/C10H15N3O2/c11-4-7(14)5-15-9-3-1-2-8-10(9)13-6-12-8/h1-3,7,12-14H,4-6,11H2/t7-/m0/s1. The van der Waals surface area contributed by atoms with Crippen LogP contribution in [0.25, 0.3) is 0 Å². The molecule has 0 radical (unpaired) electrons. The molecule has 1 aromatic carbocycles. The van der Waals surface area contributed by atoms with Crippen LogP contribution in [0.5, 0.6) is 5.75 Å². The van der Waals surface area contributed by atoms with E-state index in [1.165, 1.54) is 0 Å². The zero-order chi connectivity index (χ0) is 10.7. The minimum absolute atomic E-state index is 0.209. The number of benzene rings is 1. The van der Waals surface area contributed by atoms with E-state index < -0.39 is 6.10 Å². The van der Waals surface area contributed by atoms with E-state index in [0.29, 0.717) is 6.67 Å². The van der Waals surface area contributed by atoms with E-state index in [-0.39, 0.29) is 13.2 Å². The van der Waals surface area contributed by atoms with E-state index in [2.05, 4.69) is 10.6 Å². The Morgan fingerprint density at radius 1 is 1.47 bits per heavy atom. The molecule has 1 heterocycles. The summed E-state index contributed by atoms with van der Waals surface area (Å²) in [6.45, 7) is 1.13. The maximum Gasteiger partial charge on any atom is 0.144 e. The van der Waals surface area contributed by atoms with Crippen LogP contribution in [0.2, 0.25) is 0 Å². The van der Waals surface area contributed by atoms with Gasteiger partial charge in [-0.05, 0) is 12.1 Å². The first kappa shape index (κ1) is 10.1. The summed E-state index contributed by atoms with van der Waals surface area (Å²) in [6.07, 6.45) is -0.616. The van der Waals surface area contributed by atoms with Crippen LogP contribution in [0.15, 0.2) is 18.2 Å². The van der Waals surface area contributed by atoms with Gasteiger partial charge in [0.1, 0.15) is 24.1 Å². The van der Waals surface area contributed by atoms with Crippen LogP contribution in [0.3, 0.4) is 0 Å². The van der Waals surface area contributed by atoms with Crippen LogP contribution in [0, 0.1) is 0 Å². The van der Waals surface area contributed by atoms with Crippen molar-refractivity contribution in [2.24, 2.45) is 5.73 Å². The van der Waals surface area contributed by atoms with Crippen molar-refractivity contribution in [1.82, 2.24) is 0 Å². The third kappa shape index (κ3) is 2.14. The average Bonchev–Trinajstić information content (AvgIpc) is 2.74. The molecule has 82 valence electrons. The number of anilines is 2. The Bertz CT molecular complexity index is 343. The first-order valence-corrected chi connectivity index (χ1v) is 4.93. The smallest absolute Gasteiger partial charge is 0.144 e. The van der Waals surface area contributed by atoms with Gasteiger partial charge in [0, 0.05) is 6.54 Å². The molecule has 2 rings (SSSR count). The van der Waals surface area contributed by atoms with Crippen LogP contribution in [0.4, 0.5) is 11.4 Å². The third-order valence-electron chi connectivity index (χ3n) is 2.27. The summed E-state index contributed by atoms with van der Waals surface area (Å²) in [6, 6.07) is 5.74. The summed E-state index contributed by atoms with van der Waals surface area (Å²) >= 11 is 0. The highest BCUT2D eigenvalue weighted by Crippen LogP contribution is 2.35. The summed E-state index contributed by atoms with van der Waals surface area (Å²) in [5.41, 5.74) is 7.26. The quantitative estimate of drug-likeness (QED) is 0.569. The van der Waals surface area contributed by atoms with Crippen molar-refractivity contribution in [3.05, 3.63) is 18.2 Å². The van der Waals surface area contributed by atoms with Crippen molar-refractivity contribution in [2.45, 2.75) is 6.10 Å². The second kappa shape index (κ2) is 4.37. The number of fused-ring (bicyclic) bond motifs is 1. The predicted molar refractivity (Wildman–Crippen MR) is 59.1 cm³/mol. The molecule has 0 aliphatic carbocycles. The Kier molecular flexibility index (Phi) is 2.94. The number of aliphatic hydroxyl groups excluding tert-OH is 1. The fraction of sp³-hybridized carbons (Fsp3) is 0.400. The maximum atomic E-state index is 9.28. The molecule has 0 saturated heterocycles. The van der Waals surface area contributed by atoms with Gasteiger partial charge >= 0.3 is 0 Å². The number of hydrogen-bond donors (Lipinski definition) is 4. The molecule has 0 fully saturated rings. The van der Waals surface area contributed by atoms with Crippen molar-refractivity contribution >= 4 is 11.4 Å². The van der Waals surface area contributed by atoms with Gasteiger partial charge in [-0.1, -0.05) is 6.07 Å². The fourth-order valence-corrected chi connectivity index (χ4v) is 1.46. The number of nitrogens with one attached hydrogen (secondary N) is 2. The molecule has 0 unspecified atom stereocenters. The highest BCUT2D eigenvalue weighted by molar-refractivity contribution is 5.79. The van der Waals surface area contributed by atoms with Gasteiger partial charge in [-0.25, -0.2) is 0 Å². The van der Waals surface area contributed by atoms with E-state index in [4.69, 9.17) is 10.5 Å². The molecular weight excluding hydrogens is 194 g/mol. The van der Waals surface area contributed by atoms with E-state index in [9.17, 15) is 5.11 Å². The lowest BCUT2D eigenvalue weighted by Gasteiger charge is -2.12. The molecule has 1 atom stereocenters. The summed E-state index contributed by atoms with van der Waals surface area (Å²) in [5.74, 6) is 0.741. The lowest BCUT2D eigenvalue weighted by Crippen LogP contribution is -2.26. The second-order valence-corrected chi connectivity index (χ2v) is 3.41. The van der Waals surface area contributed by atoms with Gasteiger partial charge < -0.3 is 26.2 Å². The number of rotatable bonds is 4. The third-order valence-corrected chi connectivity index (χ3v) is 2.27. The van der Waals surface area contributed by atoms with Gasteiger partial charge in [0.05, 0.1) is 12.4 Å². The van der Waals surface area contributed by atoms with Crippen LogP contribution in [-0.2, 0) is 0 Å². The predicted octanol–water partition coefficient (Wildman–Crippen LogP) is 0.180. The first-order valence-electron chi connectivity index (χ1n) is 4.93. The van der Waals surface area contributed by atoms with Crippen molar-refractivity contribution in [3.8, 4) is 5.75 Å². The number of ether oxygens (including phenoxy) is 1. The Labute approximate surface area is 88.2 Å². The molecule has 0 bridgehead atoms. The number of nitrogens with two attached hydrogens (primary N) is 1. The lowest BCUT2D eigenvalue weighted by molar-refractivity contribution is 0.114. The van der Waals surface area contributed by atoms with Gasteiger partial charge in [-0.2, -0.15) is 0 Å². The van der Waals surface area contributed by atoms with Crippen molar-refractivity contribution in [1.29, 1.82) is 0 Å². The zero-order valence-electron chi connectivity index (χ0n) is 8.36. The molecule has 1 aromatic rings. The molecule has 5 nitrogen and oxygen atoms in total. The molecule has 0 spiro atoms. The van der Waals surface area contributed by atoms with E-state index in [1.54, 1.807) is 0 Å². The van der Waals surface area contributed by atoms with E-state index in [1.807, 2.05) is 18.2 Å². The number of aliphatic hydroxyl groups is 1. The Hall–Kier alpha value is -1.46. The summed E-state index contributed by atoms with van der Waals surface area (Å²) in [5, 5.41) is 15.6. The van der Waals surface area contributed by atoms with Crippen molar-refractivity contribution < 1.29 is 9.84 Å². The van der Waals surface area contributed by atoms with Crippen molar-refractivity contribution in [2.75, 3.05) is 30.5 Å². The molecule has 5 N–H and O–H groups in total. The molecule has 0 aromatic heterocycles. The Morgan fingerprint density at radius 2 is 2.33 bits per heavy atom. The van der Waals surface area contributed by atoms with Gasteiger partial charge in [0.15, 0.2) is 0 Å². The van der Waals surface area contributed by atoms with Crippen molar-refractivity contribution in [3.63, 3.8) is 0 Å². The van der Waals surface area contributed by atoms with Gasteiger partial charge in [-0.3, -0.25) is 0 Å². The average molecular weight is 209 g/mol. The summed E-state index contributed by atoms with van der Waals surface area (Å²) in [4.78, 5) is 0. The van der Waals surface area contributed by atoms with Crippen LogP contribution < -0.4 is 21.1 Å². The SMILES string of the molecule is NC[C@H](O)COc1cccc2c1NCN2. The fourth-order valence-electron chi connectivity index (χ4n) is 1.46. The lowest BCUT2D eigenvalue weighted by atomic mass is 10.2. The minimum atomic E-state index is -0.616. The summed E-state index contributed by atoms with van der Waals surface area (Å²) < 4.78 is 5.47. The van der Waals surface area contributed by atoms with E-state index >= 15 is 0 Å².